The molecule has 7 unspecified atom stereocenters. The minimum absolute atomic E-state index is 0.0185. The number of rotatable bonds is 1. The number of ketones is 1. The first kappa shape index (κ1) is 19.5. The minimum atomic E-state index is -0.153. The summed E-state index contributed by atoms with van der Waals surface area (Å²) in [6.45, 7) is 9.30. The van der Waals surface area contributed by atoms with Crippen molar-refractivity contribution in [3.63, 3.8) is 0 Å². The van der Waals surface area contributed by atoms with Crippen molar-refractivity contribution in [3.05, 3.63) is 0 Å². The Morgan fingerprint density at radius 3 is 2.50 bits per heavy atom. The number of carbonyl (C=O) groups excluding carboxylic acids is 1. The van der Waals surface area contributed by atoms with Crippen LogP contribution < -0.4 is 0 Å². The molecule has 1 N–H and O–H groups in total. The molecule has 8 atom stereocenters. The summed E-state index contributed by atoms with van der Waals surface area (Å²) >= 11 is 0. The van der Waals surface area contributed by atoms with Crippen LogP contribution in [0.1, 0.15) is 65.2 Å². The Kier molecular flexibility index (Phi) is 4.73. The third kappa shape index (κ3) is 2.77. The van der Waals surface area contributed by atoms with E-state index in [0.29, 0.717) is 29.1 Å². The summed E-state index contributed by atoms with van der Waals surface area (Å²) in [6, 6.07) is 0.340. The lowest BCUT2D eigenvalue weighted by Gasteiger charge is -2.62. The highest BCUT2D eigenvalue weighted by atomic mass is 16.3. The van der Waals surface area contributed by atoms with Crippen LogP contribution in [0.3, 0.4) is 0 Å². The van der Waals surface area contributed by atoms with Gasteiger partial charge in [0, 0.05) is 44.1 Å². The lowest BCUT2D eigenvalue weighted by molar-refractivity contribution is -0.154. The van der Waals surface area contributed by atoms with Gasteiger partial charge in [-0.15, -0.1) is 0 Å². The van der Waals surface area contributed by atoms with Gasteiger partial charge < -0.3 is 10.0 Å². The van der Waals surface area contributed by atoms with Crippen molar-refractivity contribution in [1.82, 2.24) is 9.80 Å². The largest absolute Gasteiger partial charge is 0.391 e. The number of hydrogen-bond donors (Lipinski definition) is 1. The van der Waals surface area contributed by atoms with Crippen molar-refractivity contribution in [2.24, 2.45) is 34.5 Å². The Labute approximate surface area is 171 Å². The number of carbonyl (C=O) groups is 1. The highest BCUT2D eigenvalue weighted by Crippen LogP contribution is 2.65. The average Bonchev–Trinajstić information content (AvgIpc) is 2.98. The van der Waals surface area contributed by atoms with Crippen molar-refractivity contribution in [1.29, 1.82) is 0 Å². The van der Waals surface area contributed by atoms with Gasteiger partial charge in [0.25, 0.3) is 0 Å². The quantitative estimate of drug-likeness (QED) is 0.749. The average molecular weight is 389 g/mol. The van der Waals surface area contributed by atoms with E-state index in [0.717, 1.165) is 63.7 Å². The van der Waals surface area contributed by atoms with E-state index in [1.165, 1.54) is 25.7 Å². The molecule has 158 valence electrons. The lowest BCUT2D eigenvalue weighted by atomic mass is 9.44. The Morgan fingerprint density at radius 2 is 1.75 bits per heavy atom. The van der Waals surface area contributed by atoms with Crippen LogP contribution >= 0.6 is 0 Å². The van der Waals surface area contributed by atoms with Gasteiger partial charge in [0.15, 0.2) is 0 Å². The zero-order chi connectivity index (χ0) is 19.7. The first-order valence-electron chi connectivity index (χ1n) is 12.0. The first-order valence-corrected chi connectivity index (χ1v) is 12.0. The Morgan fingerprint density at radius 1 is 1.00 bits per heavy atom. The second-order valence-electron chi connectivity index (χ2n) is 11.5. The van der Waals surface area contributed by atoms with Crippen LogP contribution in [0.15, 0.2) is 0 Å². The molecule has 0 aromatic carbocycles. The molecule has 0 spiro atoms. The summed E-state index contributed by atoms with van der Waals surface area (Å²) in [4.78, 5) is 17.7. The molecule has 5 aliphatic rings. The number of hydrogen-bond acceptors (Lipinski definition) is 4. The molecule has 1 aliphatic heterocycles. The van der Waals surface area contributed by atoms with E-state index >= 15 is 0 Å². The molecular formula is C24H40N2O2. The third-order valence-corrected chi connectivity index (χ3v) is 10.4. The smallest absolute Gasteiger partial charge is 0.139 e. The van der Waals surface area contributed by atoms with E-state index < -0.39 is 0 Å². The van der Waals surface area contributed by atoms with E-state index in [9.17, 15) is 9.90 Å². The zero-order valence-corrected chi connectivity index (χ0v) is 18.2. The number of piperazine rings is 1. The molecule has 0 bridgehead atoms. The van der Waals surface area contributed by atoms with Crippen LogP contribution in [-0.2, 0) is 4.79 Å². The van der Waals surface area contributed by atoms with E-state index in [4.69, 9.17) is 0 Å². The molecule has 0 radical (unpaired) electrons. The predicted molar refractivity (Wildman–Crippen MR) is 111 cm³/mol. The monoisotopic (exact) mass is 388 g/mol. The van der Waals surface area contributed by atoms with Gasteiger partial charge in [-0.2, -0.15) is 0 Å². The van der Waals surface area contributed by atoms with Gasteiger partial charge in [-0.1, -0.05) is 13.8 Å². The number of Topliss-reactive ketones (excluding diaryl/α,β-unsaturated/α-hetero) is 1. The van der Waals surface area contributed by atoms with Crippen LogP contribution in [0.4, 0.5) is 0 Å². The SMILES string of the molecule is CN1CCN(C2CC3(C)C(CCC4C5CCC(=O)C5(C)CCC43)C[C@H]2O)CC1. The van der Waals surface area contributed by atoms with E-state index in [-0.39, 0.29) is 11.5 Å². The molecule has 28 heavy (non-hydrogen) atoms. The predicted octanol–water partition coefficient (Wildman–Crippen LogP) is 3.19. The van der Waals surface area contributed by atoms with Gasteiger partial charge in [-0.3, -0.25) is 9.69 Å². The second-order valence-corrected chi connectivity index (χ2v) is 11.5. The van der Waals surface area contributed by atoms with Crippen molar-refractivity contribution < 1.29 is 9.90 Å². The Bertz CT molecular complexity index is 630. The minimum Gasteiger partial charge on any atom is -0.391 e. The lowest BCUT2D eigenvalue weighted by Crippen LogP contribution is -2.61. The molecular weight excluding hydrogens is 348 g/mol. The van der Waals surface area contributed by atoms with Crippen molar-refractivity contribution >= 4 is 5.78 Å². The van der Waals surface area contributed by atoms with Crippen molar-refractivity contribution in [2.45, 2.75) is 77.4 Å². The van der Waals surface area contributed by atoms with Crippen LogP contribution in [0.5, 0.6) is 0 Å². The van der Waals surface area contributed by atoms with Crippen LogP contribution in [-0.4, -0.2) is 66.1 Å². The van der Waals surface area contributed by atoms with Gasteiger partial charge in [0.05, 0.1) is 6.10 Å². The maximum atomic E-state index is 12.7. The molecule has 4 nitrogen and oxygen atoms in total. The maximum absolute atomic E-state index is 12.7. The standard InChI is InChI=1S/C24H40N2O2/c1-23-9-8-19-17(18(23)6-7-22(23)28)5-4-16-14-21(27)20(15-24(16,19)2)26-12-10-25(3)11-13-26/h16-21,27H,4-15H2,1-3H3/t16?,17?,18?,19?,20?,21-,23?,24?/m1/s1. The molecule has 0 aromatic heterocycles. The third-order valence-electron chi connectivity index (χ3n) is 10.4. The highest BCUT2D eigenvalue weighted by molar-refractivity contribution is 5.87. The van der Waals surface area contributed by atoms with Gasteiger partial charge >= 0.3 is 0 Å². The second kappa shape index (κ2) is 6.78. The van der Waals surface area contributed by atoms with E-state index in [2.05, 4.69) is 30.7 Å². The van der Waals surface area contributed by atoms with Gasteiger partial charge in [0.1, 0.15) is 5.78 Å². The summed E-state index contributed by atoms with van der Waals surface area (Å²) in [5.41, 5.74) is 0.332. The van der Waals surface area contributed by atoms with E-state index in [1.54, 1.807) is 0 Å². The first-order chi connectivity index (χ1) is 13.3. The van der Waals surface area contributed by atoms with E-state index in [1.807, 2.05) is 0 Å². The summed E-state index contributed by atoms with van der Waals surface area (Å²) in [6.07, 6.45) is 8.90. The summed E-state index contributed by atoms with van der Waals surface area (Å²) in [7, 11) is 2.21. The van der Waals surface area contributed by atoms with Gasteiger partial charge in [0.2, 0.25) is 0 Å². The normalized spacial score (nSPS) is 52.8. The van der Waals surface area contributed by atoms with Gasteiger partial charge in [-0.25, -0.2) is 0 Å². The number of likely N-dealkylation sites (N-methyl/N-ethyl adjacent to an activating group) is 1. The Balaban J connectivity index is 1.39. The molecule has 4 aliphatic carbocycles. The molecule has 5 fully saturated rings. The summed E-state index contributed by atoms with van der Waals surface area (Å²) in [5.74, 6) is 3.37. The topological polar surface area (TPSA) is 43.8 Å². The van der Waals surface area contributed by atoms with Crippen molar-refractivity contribution in [2.75, 3.05) is 33.2 Å². The summed E-state index contributed by atoms with van der Waals surface area (Å²) in [5, 5.41) is 11.1. The molecule has 4 heteroatoms. The summed E-state index contributed by atoms with van der Waals surface area (Å²) < 4.78 is 0. The van der Waals surface area contributed by atoms with Crippen LogP contribution in [0.2, 0.25) is 0 Å². The molecule has 5 rings (SSSR count). The number of aliphatic hydroxyl groups excluding tert-OH is 1. The van der Waals surface area contributed by atoms with Crippen molar-refractivity contribution in [3.8, 4) is 0 Å². The fourth-order valence-electron chi connectivity index (χ4n) is 8.57. The number of fused-ring (bicyclic) bond motifs is 5. The number of nitrogens with zero attached hydrogens (tertiary/aromatic N) is 2. The highest BCUT2D eigenvalue weighted by Gasteiger charge is 2.61. The Hall–Kier alpha value is -0.450. The van der Waals surface area contributed by atoms with Gasteiger partial charge in [-0.05, 0) is 81.1 Å². The fourth-order valence-corrected chi connectivity index (χ4v) is 8.57. The zero-order valence-electron chi connectivity index (χ0n) is 18.2. The van der Waals surface area contributed by atoms with Crippen LogP contribution in [0.25, 0.3) is 0 Å². The fraction of sp³-hybridized carbons (Fsp3) is 0.958. The molecule has 0 aromatic rings. The molecule has 1 heterocycles. The molecule has 0 amide bonds. The molecule has 1 saturated heterocycles. The van der Waals surface area contributed by atoms with Crippen LogP contribution in [0, 0.1) is 34.5 Å². The number of aliphatic hydroxyl groups is 1. The molecule has 4 saturated carbocycles. The maximum Gasteiger partial charge on any atom is 0.139 e.